The molecule has 0 bridgehead atoms. The van der Waals surface area contributed by atoms with Crippen molar-refractivity contribution in [1.29, 1.82) is 0 Å². The van der Waals surface area contributed by atoms with E-state index in [1.165, 1.54) is 0 Å². The van der Waals surface area contributed by atoms with Crippen molar-refractivity contribution < 1.29 is 9.59 Å². The molecule has 92 valence electrons. The molecule has 0 unspecified atom stereocenters. The molecule has 0 radical (unpaired) electrons. The number of hydrogen-bond donors (Lipinski definition) is 0. The third-order valence-electron chi connectivity index (χ3n) is 3.39. The van der Waals surface area contributed by atoms with E-state index in [2.05, 4.69) is 27.7 Å². The summed E-state index contributed by atoms with van der Waals surface area (Å²) in [5.74, 6) is 0.746. The van der Waals surface area contributed by atoms with E-state index >= 15 is 0 Å². The SMILES string of the molecule is CC(C)CC1(CC(C)C)CCCC(=O)C1=O. The molecule has 2 heteroatoms. The van der Waals surface area contributed by atoms with E-state index in [9.17, 15) is 9.59 Å². The second-order valence-electron chi connectivity index (χ2n) is 6.08. The Labute approximate surface area is 98.8 Å². The minimum Gasteiger partial charge on any atom is -0.291 e. The average molecular weight is 224 g/mol. The summed E-state index contributed by atoms with van der Waals surface area (Å²) in [6, 6.07) is 0. The van der Waals surface area contributed by atoms with Gasteiger partial charge in [0.25, 0.3) is 0 Å². The van der Waals surface area contributed by atoms with Crippen LogP contribution in [0.15, 0.2) is 0 Å². The maximum absolute atomic E-state index is 12.2. The third-order valence-corrected chi connectivity index (χ3v) is 3.39. The lowest BCUT2D eigenvalue weighted by Crippen LogP contribution is -2.42. The van der Waals surface area contributed by atoms with Crippen LogP contribution in [0.3, 0.4) is 0 Å². The zero-order chi connectivity index (χ0) is 12.3. The Bertz CT molecular complexity index is 266. The molecule has 0 heterocycles. The van der Waals surface area contributed by atoms with Crippen LogP contribution in [0.25, 0.3) is 0 Å². The number of hydrogen-bond acceptors (Lipinski definition) is 2. The smallest absolute Gasteiger partial charge is 0.204 e. The second kappa shape index (κ2) is 5.11. The Hall–Kier alpha value is -0.660. The largest absolute Gasteiger partial charge is 0.291 e. The van der Waals surface area contributed by atoms with Crippen molar-refractivity contribution in [3.63, 3.8) is 0 Å². The number of Topliss-reactive ketones (excluding diaryl/α,β-unsaturated/α-hetero) is 2. The molecular weight excluding hydrogens is 200 g/mol. The van der Waals surface area contributed by atoms with Crippen LogP contribution in [0, 0.1) is 17.3 Å². The van der Waals surface area contributed by atoms with Crippen LogP contribution in [-0.2, 0) is 9.59 Å². The van der Waals surface area contributed by atoms with E-state index in [1.807, 2.05) is 0 Å². The van der Waals surface area contributed by atoms with E-state index in [4.69, 9.17) is 0 Å². The molecule has 1 fully saturated rings. The van der Waals surface area contributed by atoms with Gasteiger partial charge in [-0.05, 0) is 37.5 Å². The van der Waals surface area contributed by atoms with Gasteiger partial charge in [0.15, 0.2) is 5.78 Å². The first-order valence-electron chi connectivity index (χ1n) is 6.45. The van der Waals surface area contributed by atoms with Crippen LogP contribution in [0.5, 0.6) is 0 Å². The highest BCUT2D eigenvalue weighted by Crippen LogP contribution is 2.42. The molecule has 0 N–H and O–H groups in total. The van der Waals surface area contributed by atoms with Gasteiger partial charge >= 0.3 is 0 Å². The van der Waals surface area contributed by atoms with Gasteiger partial charge in [-0.25, -0.2) is 0 Å². The van der Waals surface area contributed by atoms with Crippen molar-refractivity contribution in [2.75, 3.05) is 0 Å². The summed E-state index contributed by atoms with van der Waals surface area (Å²) in [7, 11) is 0. The van der Waals surface area contributed by atoms with Crippen LogP contribution in [0.2, 0.25) is 0 Å². The Morgan fingerprint density at radius 1 is 1.06 bits per heavy atom. The summed E-state index contributed by atoms with van der Waals surface area (Å²) < 4.78 is 0. The third kappa shape index (κ3) is 2.93. The van der Waals surface area contributed by atoms with Crippen molar-refractivity contribution in [2.24, 2.45) is 17.3 Å². The van der Waals surface area contributed by atoms with E-state index < -0.39 is 0 Å². The second-order valence-corrected chi connectivity index (χ2v) is 6.08. The molecule has 0 aliphatic heterocycles. The molecule has 0 atom stereocenters. The van der Waals surface area contributed by atoms with Crippen molar-refractivity contribution in [1.82, 2.24) is 0 Å². The first-order valence-corrected chi connectivity index (χ1v) is 6.45. The predicted octanol–water partition coefficient (Wildman–Crippen LogP) is 3.39. The normalized spacial score (nSPS) is 20.9. The molecule has 0 amide bonds. The number of ketones is 2. The van der Waals surface area contributed by atoms with E-state index in [0.717, 1.165) is 25.7 Å². The maximum Gasteiger partial charge on any atom is 0.204 e. The van der Waals surface area contributed by atoms with E-state index in [-0.39, 0.29) is 17.0 Å². The topological polar surface area (TPSA) is 34.1 Å². The number of rotatable bonds is 4. The van der Waals surface area contributed by atoms with E-state index in [0.29, 0.717) is 18.3 Å². The van der Waals surface area contributed by atoms with Gasteiger partial charge in [-0.2, -0.15) is 0 Å². The Morgan fingerprint density at radius 3 is 2.00 bits per heavy atom. The van der Waals surface area contributed by atoms with E-state index in [1.54, 1.807) is 0 Å². The minimum absolute atomic E-state index is 0.0823. The van der Waals surface area contributed by atoms with Crippen LogP contribution in [0.4, 0.5) is 0 Å². The van der Waals surface area contributed by atoms with Crippen LogP contribution >= 0.6 is 0 Å². The highest BCUT2D eigenvalue weighted by molar-refractivity contribution is 6.39. The van der Waals surface area contributed by atoms with Crippen molar-refractivity contribution in [3.05, 3.63) is 0 Å². The summed E-state index contributed by atoms with van der Waals surface area (Å²) in [5.41, 5.74) is -0.336. The zero-order valence-electron chi connectivity index (χ0n) is 11.0. The van der Waals surface area contributed by atoms with Gasteiger partial charge in [-0.15, -0.1) is 0 Å². The molecular formula is C14H24O2. The first kappa shape index (κ1) is 13.4. The summed E-state index contributed by atoms with van der Waals surface area (Å²) in [5, 5.41) is 0. The maximum atomic E-state index is 12.2. The molecule has 0 aromatic carbocycles. The molecule has 0 aromatic rings. The van der Waals surface area contributed by atoms with Gasteiger partial charge in [0.2, 0.25) is 5.78 Å². The monoisotopic (exact) mass is 224 g/mol. The summed E-state index contributed by atoms with van der Waals surface area (Å²) in [6.45, 7) is 8.53. The number of carbonyl (C=O) groups excluding carboxylic acids is 2. The van der Waals surface area contributed by atoms with Gasteiger partial charge in [-0.1, -0.05) is 27.7 Å². The van der Waals surface area contributed by atoms with Crippen molar-refractivity contribution in [2.45, 2.75) is 59.8 Å². The lowest BCUT2D eigenvalue weighted by atomic mass is 9.64. The average Bonchev–Trinajstić information content (AvgIpc) is 2.12. The van der Waals surface area contributed by atoms with Crippen molar-refractivity contribution >= 4 is 11.6 Å². The lowest BCUT2D eigenvalue weighted by molar-refractivity contribution is -0.147. The fourth-order valence-electron chi connectivity index (χ4n) is 3.15. The van der Waals surface area contributed by atoms with Gasteiger partial charge in [0.05, 0.1) is 0 Å². The molecule has 1 saturated carbocycles. The summed E-state index contributed by atoms with van der Waals surface area (Å²) >= 11 is 0. The van der Waals surface area contributed by atoms with Gasteiger partial charge < -0.3 is 0 Å². The highest BCUT2D eigenvalue weighted by atomic mass is 16.2. The Morgan fingerprint density at radius 2 is 1.56 bits per heavy atom. The fourth-order valence-corrected chi connectivity index (χ4v) is 3.15. The predicted molar refractivity (Wildman–Crippen MR) is 65.2 cm³/mol. The molecule has 16 heavy (non-hydrogen) atoms. The van der Waals surface area contributed by atoms with Crippen LogP contribution < -0.4 is 0 Å². The zero-order valence-corrected chi connectivity index (χ0v) is 11.0. The standard InChI is InChI=1S/C14H24O2/c1-10(2)8-14(9-11(3)4)7-5-6-12(15)13(14)16/h10-11H,5-9H2,1-4H3. The molecule has 2 nitrogen and oxygen atoms in total. The summed E-state index contributed by atoms with van der Waals surface area (Å²) in [4.78, 5) is 23.8. The molecule has 0 aromatic heterocycles. The van der Waals surface area contributed by atoms with Gasteiger partial charge in [0.1, 0.15) is 0 Å². The lowest BCUT2D eigenvalue weighted by Gasteiger charge is -2.37. The summed E-state index contributed by atoms with van der Waals surface area (Å²) in [6.07, 6.45) is 4.01. The quantitative estimate of drug-likeness (QED) is 0.686. The van der Waals surface area contributed by atoms with Crippen LogP contribution in [0.1, 0.15) is 59.8 Å². The van der Waals surface area contributed by atoms with Crippen molar-refractivity contribution in [3.8, 4) is 0 Å². The first-order chi connectivity index (χ1) is 7.37. The molecule has 0 spiro atoms. The molecule has 1 aliphatic carbocycles. The Balaban J connectivity index is 2.92. The molecule has 1 aliphatic rings. The molecule has 0 saturated heterocycles. The fraction of sp³-hybridized carbons (Fsp3) is 0.857. The van der Waals surface area contributed by atoms with Gasteiger partial charge in [-0.3, -0.25) is 9.59 Å². The number of carbonyl (C=O) groups is 2. The Kier molecular flexibility index (Phi) is 4.28. The minimum atomic E-state index is -0.336. The molecule has 1 rings (SSSR count). The highest BCUT2D eigenvalue weighted by Gasteiger charge is 2.44. The van der Waals surface area contributed by atoms with Gasteiger partial charge in [0, 0.05) is 11.8 Å². The van der Waals surface area contributed by atoms with Crippen LogP contribution in [-0.4, -0.2) is 11.6 Å².